The van der Waals surface area contributed by atoms with Crippen molar-refractivity contribution in [2.45, 2.75) is 49.2 Å². The summed E-state index contributed by atoms with van der Waals surface area (Å²) in [6, 6.07) is 0. The summed E-state index contributed by atoms with van der Waals surface area (Å²) >= 11 is 0. The summed E-state index contributed by atoms with van der Waals surface area (Å²) in [5.41, 5.74) is -3.23. The van der Waals surface area contributed by atoms with Gasteiger partial charge in [-0.15, -0.1) is 0 Å². The Kier molecular flexibility index (Phi) is 5.44. The van der Waals surface area contributed by atoms with Crippen molar-refractivity contribution in [3.63, 3.8) is 0 Å². The Bertz CT molecular complexity index is 452. The third-order valence-corrected chi connectivity index (χ3v) is 3.98. The Balaban J connectivity index is 2.79. The molecular weight excluding hydrogens is 331 g/mol. The quantitative estimate of drug-likeness (QED) is 0.303. The van der Waals surface area contributed by atoms with Crippen LogP contribution in [0.3, 0.4) is 0 Å². The first-order chi connectivity index (χ1) is 10.3. The van der Waals surface area contributed by atoms with Crippen LogP contribution in [0.25, 0.3) is 0 Å². The van der Waals surface area contributed by atoms with Crippen molar-refractivity contribution in [3.8, 4) is 0 Å². The molecule has 0 unspecified atom stereocenters. The lowest BCUT2D eigenvalue weighted by molar-refractivity contribution is -0.444. The summed E-state index contributed by atoms with van der Waals surface area (Å²) in [4.78, 5) is 10.9. The molecule has 0 spiro atoms. The number of carbonyl (C=O) groups excluding carboxylic acids is 1. The molecule has 0 atom stereocenters. The largest absolute Gasteiger partial charge is 0.462 e. The van der Waals surface area contributed by atoms with Gasteiger partial charge in [0.25, 0.3) is 0 Å². The molecule has 10 heteroatoms. The molecule has 0 saturated heterocycles. The number of hydrogen-bond donors (Lipinski definition) is 3. The highest BCUT2D eigenvalue weighted by molar-refractivity contribution is 5.81. The fourth-order valence-corrected chi connectivity index (χ4v) is 2.40. The summed E-state index contributed by atoms with van der Waals surface area (Å²) in [7, 11) is 0. The number of ether oxygens (including phenoxy) is 1. The van der Waals surface area contributed by atoms with Crippen LogP contribution in [0.5, 0.6) is 0 Å². The molecule has 0 bridgehead atoms. The van der Waals surface area contributed by atoms with Gasteiger partial charge in [0.1, 0.15) is 5.60 Å². The molecule has 0 aromatic carbocycles. The molecule has 0 amide bonds. The molecule has 5 nitrogen and oxygen atoms in total. The zero-order valence-electron chi connectivity index (χ0n) is 11.9. The van der Waals surface area contributed by atoms with Crippen molar-refractivity contribution < 1.29 is 46.8 Å². The second kappa shape index (κ2) is 6.33. The third-order valence-electron chi connectivity index (χ3n) is 3.98. The van der Waals surface area contributed by atoms with E-state index in [1.165, 1.54) is 0 Å². The van der Waals surface area contributed by atoms with Gasteiger partial charge in [-0.3, -0.25) is 0 Å². The maximum Gasteiger partial charge on any atom is 0.449 e. The molecule has 0 aromatic rings. The zero-order chi connectivity index (χ0) is 18.1. The van der Waals surface area contributed by atoms with Crippen LogP contribution in [0.2, 0.25) is 0 Å². The second-order valence-corrected chi connectivity index (χ2v) is 5.55. The maximum atomic E-state index is 13.9. The predicted octanol–water partition coefficient (Wildman–Crippen LogP) is 1.52. The topological polar surface area (TPSA) is 87.0 Å². The van der Waals surface area contributed by atoms with Crippen LogP contribution >= 0.6 is 0 Å². The van der Waals surface area contributed by atoms with Gasteiger partial charge >= 0.3 is 23.9 Å². The maximum absolute atomic E-state index is 13.9. The molecular formula is C13H17F5O5. The van der Waals surface area contributed by atoms with E-state index in [0.29, 0.717) is 0 Å². The molecule has 0 aliphatic heterocycles. The molecule has 1 rings (SSSR count). The van der Waals surface area contributed by atoms with Crippen molar-refractivity contribution in [3.05, 3.63) is 12.7 Å². The minimum absolute atomic E-state index is 0.158. The number of carbonyl (C=O) groups is 1. The Morgan fingerprint density at radius 2 is 1.70 bits per heavy atom. The van der Waals surface area contributed by atoms with Gasteiger partial charge in [0.05, 0.1) is 6.61 Å². The smallest absolute Gasteiger partial charge is 0.449 e. The summed E-state index contributed by atoms with van der Waals surface area (Å²) in [5.74, 6) is -11.7. The van der Waals surface area contributed by atoms with Crippen molar-refractivity contribution in [1.82, 2.24) is 0 Å². The molecule has 1 aliphatic carbocycles. The Morgan fingerprint density at radius 3 is 2.09 bits per heavy atom. The minimum Gasteiger partial charge on any atom is -0.462 e. The number of aliphatic hydroxyl groups is 3. The average molecular weight is 348 g/mol. The molecule has 0 radical (unpaired) electrons. The molecule has 0 heterocycles. The number of esters is 1. The van der Waals surface area contributed by atoms with Crippen LogP contribution in [0.1, 0.15) is 25.7 Å². The first kappa shape index (κ1) is 19.8. The highest BCUT2D eigenvalue weighted by Crippen LogP contribution is 2.51. The summed E-state index contributed by atoms with van der Waals surface area (Å²) in [6.07, 6.45) is -7.12. The molecule has 1 saturated carbocycles. The van der Waals surface area contributed by atoms with E-state index in [1.54, 1.807) is 0 Å². The van der Waals surface area contributed by atoms with Crippen LogP contribution in [-0.4, -0.2) is 51.4 Å². The Hall–Kier alpha value is -1.26. The van der Waals surface area contributed by atoms with E-state index >= 15 is 0 Å². The van der Waals surface area contributed by atoms with Crippen molar-refractivity contribution in [1.29, 1.82) is 0 Å². The zero-order valence-corrected chi connectivity index (χ0v) is 11.9. The van der Waals surface area contributed by atoms with E-state index < -0.39 is 48.2 Å². The van der Waals surface area contributed by atoms with Crippen molar-refractivity contribution >= 4 is 5.97 Å². The first-order valence-electron chi connectivity index (χ1n) is 6.69. The van der Waals surface area contributed by atoms with Gasteiger partial charge in [-0.25, -0.2) is 4.79 Å². The van der Waals surface area contributed by atoms with E-state index in [-0.39, 0.29) is 19.4 Å². The highest BCUT2D eigenvalue weighted by atomic mass is 19.4. The lowest BCUT2D eigenvalue weighted by atomic mass is 9.73. The normalized spacial score (nSPS) is 26.7. The fraction of sp³-hybridized carbons (Fsp3) is 0.769. The molecule has 3 N–H and O–H groups in total. The lowest BCUT2D eigenvalue weighted by Gasteiger charge is -2.45. The monoisotopic (exact) mass is 348 g/mol. The molecule has 1 aliphatic rings. The van der Waals surface area contributed by atoms with Crippen molar-refractivity contribution in [2.75, 3.05) is 6.61 Å². The third kappa shape index (κ3) is 3.64. The summed E-state index contributed by atoms with van der Waals surface area (Å²) < 4.78 is 69.8. The van der Waals surface area contributed by atoms with Crippen LogP contribution in [0.15, 0.2) is 12.7 Å². The summed E-state index contributed by atoms with van der Waals surface area (Å²) in [5, 5.41) is 27.5. The van der Waals surface area contributed by atoms with Crippen molar-refractivity contribution in [2.24, 2.45) is 5.92 Å². The number of hydrogen-bond acceptors (Lipinski definition) is 5. The average Bonchev–Trinajstić information content (AvgIpc) is 2.44. The lowest BCUT2D eigenvalue weighted by Crippen LogP contribution is -2.69. The molecule has 0 aromatic heterocycles. The van der Waals surface area contributed by atoms with Gasteiger partial charge in [0.15, 0.2) is 0 Å². The first-order valence-corrected chi connectivity index (χ1v) is 6.69. The van der Waals surface area contributed by atoms with E-state index in [1.807, 2.05) is 0 Å². The van der Waals surface area contributed by atoms with Crippen LogP contribution in [0.4, 0.5) is 22.0 Å². The van der Waals surface area contributed by atoms with Gasteiger partial charge < -0.3 is 20.1 Å². The minimum atomic E-state index is -6.04. The van der Waals surface area contributed by atoms with Gasteiger partial charge in [0, 0.05) is 6.08 Å². The number of rotatable bonds is 5. The van der Waals surface area contributed by atoms with Crippen LogP contribution in [-0.2, 0) is 9.53 Å². The SMILES string of the molecule is C=CC(=O)OCC1CCC(O)(C(F)(F)C(O)(O)C(F)(F)F)CC1. The number of halogens is 5. The van der Waals surface area contributed by atoms with E-state index in [0.717, 1.165) is 6.08 Å². The van der Waals surface area contributed by atoms with Crippen LogP contribution in [0, 0.1) is 5.92 Å². The fourth-order valence-electron chi connectivity index (χ4n) is 2.40. The predicted molar refractivity (Wildman–Crippen MR) is 66.2 cm³/mol. The molecule has 134 valence electrons. The molecule has 23 heavy (non-hydrogen) atoms. The van der Waals surface area contributed by atoms with E-state index in [9.17, 15) is 31.9 Å². The number of alkyl halides is 5. The van der Waals surface area contributed by atoms with E-state index in [2.05, 4.69) is 6.58 Å². The highest BCUT2D eigenvalue weighted by Gasteiger charge is 2.76. The summed E-state index contributed by atoms with van der Waals surface area (Å²) in [6.45, 7) is 3.00. The van der Waals surface area contributed by atoms with Gasteiger partial charge in [-0.1, -0.05) is 6.58 Å². The van der Waals surface area contributed by atoms with Crippen LogP contribution < -0.4 is 0 Å². The van der Waals surface area contributed by atoms with Gasteiger partial charge in [0.2, 0.25) is 0 Å². The van der Waals surface area contributed by atoms with Gasteiger partial charge in [-0.2, -0.15) is 22.0 Å². The Morgan fingerprint density at radius 1 is 1.22 bits per heavy atom. The standard InChI is InChI=1S/C13H17F5O5/c1-2-9(19)23-7-8-3-5-10(20,6-4-8)11(14,15)12(21,22)13(16,17)18/h2,8,20-22H,1,3-7H2. The second-order valence-electron chi connectivity index (χ2n) is 5.55. The Labute approximate surface area is 128 Å². The molecule has 1 fully saturated rings. The van der Waals surface area contributed by atoms with E-state index in [4.69, 9.17) is 14.9 Å². The van der Waals surface area contributed by atoms with Gasteiger partial charge in [-0.05, 0) is 31.6 Å².